The molecule has 0 aliphatic carbocycles. The minimum Gasteiger partial charge on any atom is -0.483 e. The molecule has 2 heterocycles. The maximum Gasteiger partial charge on any atom is 0.387 e. The molecule has 0 saturated carbocycles. The van der Waals surface area contributed by atoms with Crippen LogP contribution in [0.2, 0.25) is 0 Å². The van der Waals surface area contributed by atoms with Crippen molar-refractivity contribution in [1.29, 1.82) is 0 Å². The molecular weight excluding hydrogens is 408 g/mol. The van der Waals surface area contributed by atoms with Crippen molar-refractivity contribution < 1.29 is 27.8 Å². The molecule has 2 amide bonds. The number of nitrogens with one attached hydrogen (secondary N) is 2. The number of ether oxygens (including phenoxy) is 2. The first kappa shape index (κ1) is 21.0. The van der Waals surface area contributed by atoms with Gasteiger partial charge in [-0.2, -0.15) is 8.78 Å². The fraction of sp³-hybridized carbons (Fsp3) is 0.364. The van der Waals surface area contributed by atoms with E-state index in [2.05, 4.69) is 15.4 Å². The van der Waals surface area contributed by atoms with Gasteiger partial charge in [-0.25, -0.2) is 0 Å². The number of fused-ring (bicyclic) bond motifs is 1. The highest BCUT2D eigenvalue weighted by Gasteiger charge is 2.41. The van der Waals surface area contributed by atoms with Gasteiger partial charge in [0.05, 0.1) is 24.3 Å². The number of piperidine rings is 1. The Morgan fingerprint density at radius 3 is 2.84 bits per heavy atom. The summed E-state index contributed by atoms with van der Waals surface area (Å²) in [5, 5.41) is 5.56. The van der Waals surface area contributed by atoms with Gasteiger partial charge in [0, 0.05) is 6.54 Å². The normalized spacial score (nSPS) is 21.1. The molecule has 0 radical (unpaired) electrons. The van der Waals surface area contributed by atoms with Crippen molar-refractivity contribution in [2.45, 2.75) is 25.1 Å². The third-order valence-electron chi connectivity index (χ3n) is 5.39. The first-order valence-corrected chi connectivity index (χ1v) is 10.1. The minimum atomic E-state index is -2.98. The molecular formula is C22H23F2N3O4. The van der Waals surface area contributed by atoms with Crippen LogP contribution in [0.4, 0.5) is 14.5 Å². The molecule has 2 aliphatic heterocycles. The number of nitrogens with zero attached hydrogens (tertiary/aromatic N) is 1. The van der Waals surface area contributed by atoms with Crippen molar-refractivity contribution in [3.8, 4) is 11.5 Å². The Bertz CT molecular complexity index is 971. The number of anilines is 1. The maximum absolute atomic E-state index is 12.6. The Morgan fingerprint density at radius 1 is 1.23 bits per heavy atom. The van der Waals surface area contributed by atoms with E-state index < -0.39 is 12.2 Å². The Kier molecular flexibility index (Phi) is 6.03. The van der Waals surface area contributed by atoms with Crippen molar-refractivity contribution in [2.24, 2.45) is 0 Å². The van der Waals surface area contributed by atoms with Crippen LogP contribution in [-0.2, 0) is 4.79 Å². The second-order valence-corrected chi connectivity index (χ2v) is 7.70. The molecule has 0 bridgehead atoms. The fourth-order valence-electron chi connectivity index (χ4n) is 4.06. The summed E-state index contributed by atoms with van der Waals surface area (Å²) in [6.45, 7) is -1.45. The summed E-state index contributed by atoms with van der Waals surface area (Å²) in [6.07, 6.45) is 1.53. The summed E-state index contributed by atoms with van der Waals surface area (Å²) in [4.78, 5) is 26.9. The Labute approximate surface area is 178 Å². The number of halogens is 2. The molecule has 2 aliphatic rings. The lowest BCUT2D eigenvalue weighted by Gasteiger charge is -2.41. The molecule has 7 nitrogen and oxygen atoms in total. The number of likely N-dealkylation sites (tertiary alicyclic amines) is 1. The van der Waals surface area contributed by atoms with Gasteiger partial charge in [-0.05, 0) is 43.7 Å². The van der Waals surface area contributed by atoms with Gasteiger partial charge in [0.1, 0.15) is 17.1 Å². The number of alkyl halides is 2. The van der Waals surface area contributed by atoms with Crippen LogP contribution in [-0.4, -0.2) is 55.1 Å². The third kappa shape index (κ3) is 4.93. The zero-order valence-electron chi connectivity index (χ0n) is 16.8. The highest BCUT2D eigenvalue weighted by Crippen LogP contribution is 2.32. The van der Waals surface area contributed by atoms with Crippen molar-refractivity contribution >= 4 is 17.5 Å². The lowest BCUT2D eigenvalue weighted by Crippen LogP contribution is -2.57. The molecule has 1 atom stereocenters. The highest BCUT2D eigenvalue weighted by molar-refractivity contribution is 5.97. The fourth-order valence-corrected chi connectivity index (χ4v) is 4.06. The second kappa shape index (κ2) is 8.89. The monoisotopic (exact) mass is 431 g/mol. The van der Waals surface area contributed by atoms with E-state index in [-0.39, 0.29) is 29.8 Å². The molecule has 2 N–H and O–H groups in total. The molecule has 2 aromatic rings. The van der Waals surface area contributed by atoms with Gasteiger partial charge in [0.15, 0.2) is 0 Å². The van der Waals surface area contributed by atoms with Crippen LogP contribution < -0.4 is 20.1 Å². The van der Waals surface area contributed by atoms with Gasteiger partial charge >= 0.3 is 6.61 Å². The molecule has 1 saturated heterocycles. The van der Waals surface area contributed by atoms with Gasteiger partial charge in [-0.15, -0.1) is 0 Å². The smallest absolute Gasteiger partial charge is 0.387 e. The second-order valence-electron chi connectivity index (χ2n) is 7.70. The number of carbonyl (C=O) groups excluding carboxylic acids is 2. The van der Waals surface area contributed by atoms with Gasteiger partial charge < -0.3 is 20.1 Å². The highest BCUT2D eigenvalue weighted by atomic mass is 19.3. The summed E-state index contributed by atoms with van der Waals surface area (Å²) in [5.41, 5.74) is 0.0358. The average Bonchev–Trinajstić information content (AvgIpc) is 2.86. The predicted octanol–water partition coefficient (Wildman–Crippen LogP) is 2.88. The largest absolute Gasteiger partial charge is 0.483 e. The molecule has 1 unspecified atom stereocenters. The van der Waals surface area contributed by atoms with E-state index in [1.54, 1.807) is 30.3 Å². The Balaban J connectivity index is 1.43. The number of para-hydroxylation sites is 3. The maximum atomic E-state index is 12.6. The number of amides is 2. The topological polar surface area (TPSA) is 79.9 Å². The molecule has 31 heavy (non-hydrogen) atoms. The number of hydrogen-bond acceptors (Lipinski definition) is 5. The predicted molar refractivity (Wildman–Crippen MR) is 110 cm³/mol. The van der Waals surface area contributed by atoms with Crippen LogP contribution in [0.15, 0.2) is 48.5 Å². The van der Waals surface area contributed by atoms with Crippen LogP contribution in [0.1, 0.15) is 23.2 Å². The van der Waals surface area contributed by atoms with Crippen LogP contribution in [0.25, 0.3) is 0 Å². The average molecular weight is 431 g/mol. The Hall–Kier alpha value is -3.20. The van der Waals surface area contributed by atoms with Crippen molar-refractivity contribution in [3.63, 3.8) is 0 Å². The molecule has 2 aromatic carbocycles. The third-order valence-corrected chi connectivity index (χ3v) is 5.39. The summed E-state index contributed by atoms with van der Waals surface area (Å²) in [6, 6.07) is 13.2. The van der Waals surface area contributed by atoms with E-state index in [1.165, 1.54) is 12.1 Å². The summed E-state index contributed by atoms with van der Waals surface area (Å²) < 4.78 is 35.9. The van der Waals surface area contributed by atoms with Gasteiger partial charge in [0.2, 0.25) is 5.91 Å². The molecule has 1 fully saturated rings. The summed E-state index contributed by atoms with van der Waals surface area (Å²) >= 11 is 0. The molecule has 0 aromatic heterocycles. The van der Waals surface area contributed by atoms with Crippen molar-refractivity contribution in [1.82, 2.24) is 10.2 Å². The van der Waals surface area contributed by atoms with Crippen LogP contribution >= 0.6 is 0 Å². The van der Waals surface area contributed by atoms with Crippen LogP contribution in [0.5, 0.6) is 11.5 Å². The van der Waals surface area contributed by atoms with Crippen LogP contribution in [0, 0.1) is 0 Å². The zero-order chi connectivity index (χ0) is 21.8. The van der Waals surface area contributed by atoms with E-state index >= 15 is 0 Å². The zero-order valence-corrected chi connectivity index (χ0v) is 16.8. The first-order chi connectivity index (χ1) is 14.9. The quantitative estimate of drug-likeness (QED) is 0.761. The summed E-state index contributed by atoms with van der Waals surface area (Å²) in [5.74, 6) is -0.0901. The Morgan fingerprint density at radius 2 is 2.00 bits per heavy atom. The minimum absolute atomic E-state index is 0.0592. The number of benzene rings is 2. The lowest BCUT2D eigenvalue weighted by molar-refractivity contribution is -0.118. The van der Waals surface area contributed by atoms with Crippen LogP contribution in [0.3, 0.4) is 0 Å². The van der Waals surface area contributed by atoms with Crippen molar-refractivity contribution in [3.05, 3.63) is 54.1 Å². The SMILES string of the molecule is O=C(CN1CCCC2(CNC(=O)c3ccccc3O2)C1)Nc1ccccc1OC(F)F. The molecule has 9 heteroatoms. The lowest BCUT2D eigenvalue weighted by atomic mass is 9.92. The van der Waals surface area contributed by atoms with E-state index in [0.29, 0.717) is 30.9 Å². The standard InChI is InChI=1S/C22H23F2N3O4/c23-21(24)30-18-9-4-2-7-16(18)26-19(28)12-27-11-5-10-22(14-27)13-25-20(29)15-6-1-3-8-17(15)31-22/h1-4,6-9,21H,5,10-14H2,(H,25,29)(H,26,28). The van der Waals surface area contributed by atoms with E-state index in [9.17, 15) is 18.4 Å². The van der Waals surface area contributed by atoms with Crippen molar-refractivity contribution in [2.75, 3.05) is 31.5 Å². The number of rotatable bonds is 5. The summed E-state index contributed by atoms with van der Waals surface area (Å²) in [7, 11) is 0. The van der Waals surface area contributed by atoms with Gasteiger partial charge in [-0.1, -0.05) is 24.3 Å². The van der Waals surface area contributed by atoms with Gasteiger partial charge in [0.25, 0.3) is 5.91 Å². The van der Waals surface area contributed by atoms with E-state index in [4.69, 9.17) is 4.74 Å². The molecule has 4 rings (SSSR count). The first-order valence-electron chi connectivity index (χ1n) is 10.1. The van der Waals surface area contributed by atoms with Gasteiger partial charge in [-0.3, -0.25) is 14.5 Å². The number of carbonyl (C=O) groups is 2. The van der Waals surface area contributed by atoms with E-state index in [1.807, 2.05) is 11.0 Å². The molecule has 1 spiro atoms. The molecule has 164 valence electrons. The van der Waals surface area contributed by atoms with E-state index in [0.717, 1.165) is 12.8 Å². The number of hydrogen-bond donors (Lipinski definition) is 2.